The van der Waals surface area contributed by atoms with Gasteiger partial charge in [0.2, 0.25) is 0 Å². The number of thioether (sulfide) groups is 1. The minimum absolute atomic E-state index is 0.708. The van der Waals surface area contributed by atoms with Crippen molar-refractivity contribution >= 4 is 23.5 Å². The number of nitrogens with zero attached hydrogens (tertiary/aromatic N) is 3. The first-order valence-electron chi connectivity index (χ1n) is 9.50. The van der Waals surface area contributed by atoms with Gasteiger partial charge in [-0.05, 0) is 37.8 Å². The SMILES string of the molecule is CCNC(=NCCCCNc1ccccn1)N1CCSC(C(C)C)C1. The molecule has 25 heavy (non-hydrogen) atoms. The maximum atomic E-state index is 4.85. The topological polar surface area (TPSA) is 52.6 Å². The molecule has 1 aromatic rings. The number of rotatable bonds is 8. The van der Waals surface area contributed by atoms with Crippen molar-refractivity contribution in [2.75, 3.05) is 43.8 Å². The summed E-state index contributed by atoms with van der Waals surface area (Å²) in [5.41, 5.74) is 0. The van der Waals surface area contributed by atoms with E-state index in [1.54, 1.807) is 0 Å². The summed E-state index contributed by atoms with van der Waals surface area (Å²) in [5, 5.41) is 7.53. The molecule has 1 saturated heterocycles. The van der Waals surface area contributed by atoms with Gasteiger partial charge in [0.05, 0.1) is 0 Å². The van der Waals surface area contributed by atoms with Crippen LogP contribution in [-0.4, -0.2) is 59.6 Å². The number of aromatic nitrogens is 1. The lowest BCUT2D eigenvalue weighted by atomic mass is 10.1. The highest BCUT2D eigenvalue weighted by Crippen LogP contribution is 2.24. The van der Waals surface area contributed by atoms with E-state index in [4.69, 9.17) is 4.99 Å². The molecule has 0 saturated carbocycles. The second kappa shape index (κ2) is 11.2. The van der Waals surface area contributed by atoms with Gasteiger partial charge in [-0.1, -0.05) is 19.9 Å². The van der Waals surface area contributed by atoms with Gasteiger partial charge < -0.3 is 15.5 Å². The lowest BCUT2D eigenvalue weighted by molar-refractivity contribution is 0.380. The molecule has 2 rings (SSSR count). The highest BCUT2D eigenvalue weighted by atomic mass is 32.2. The van der Waals surface area contributed by atoms with E-state index in [-0.39, 0.29) is 0 Å². The Morgan fingerprint density at radius 3 is 3.00 bits per heavy atom. The van der Waals surface area contributed by atoms with Gasteiger partial charge in [0, 0.05) is 49.9 Å². The highest BCUT2D eigenvalue weighted by Gasteiger charge is 2.24. The Labute approximate surface area is 157 Å². The molecule has 2 N–H and O–H groups in total. The van der Waals surface area contributed by atoms with Gasteiger partial charge in [-0.2, -0.15) is 11.8 Å². The van der Waals surface area contributed by atoms with E-state index in [1.165, 1.54) is 5.75 Å². The number of unbranched alkanes of at least 4 members (excludes halogenated alkanes) is 1. The molecule has 1 aliphatic heterocycles. The molecule has 0 spiro atoms. The van der Waals surface area contributed by atoms with Gasteiger partial charge in [0.1, 0.15) is 5.82 Å². The van der Waals surface area contributed by atoms with Crippen LogP contribution in [0.4, 0.5) is 5.82 Å². The average Bonchev–Trinajstić information content (AvgIpc) is 2.64. The molecular formula is C19H33N5S. The zero-order valence-electron chi connectivity index (χ0n) is 15.9. The van der Waals surface area contributed by atoms with Gasteiger partial charge in [-0.15, -0.1) is 0 Å². The summed E-state index contributed by atoms with van der Waals surface area (Å²) in [6, 6.07) is 5.94. The Hall–Kier alpha value is -1.43. The fraction of sp³-hybridized carbons (Fsp3) is 0.684. The third-order valence-corrected chi connectivity index (χ3v) is 5.83. The quantitative estimate of drug-likeness (QED) is 0.422. The molecule has 1 aromatic heterocycles. The van der Waals surface area contributed by atoms with Crippen molar-refractivity contribution in [2.24, 2.45) is 10.9 Å². The zero-order valence-corrected chi connectivity index (χ0v) is 16.7. The number of nitrogens with one attached hydrogen (secondary N) is 2. The first-order chi connectivity index (χ1) is 12.2. The van der Waals surface area contributed by atoms with Crippen LogP contribution in [0.15, 0.2) is 29.4 Å². The van der Waals surface area contributed by atoms with Crippen LogP contribution in [0.3, 0.4) is 0 Å². The summed E-state index contributed by atoms with van der Waals surface area (Å²) in [6.07, 6.45) is 4.01. The van der Waals surface area contributed by atoms with E-state index in [2.05, 4.69) is 53.1 Å². The fourth-order valence-electron chi connectivity index (χ4n) is 2.80. The van der Waals surface area contributed by atoms with E-state index in [0.717, 1.165) is 57.3 Å². The molecule has 140 valence electrons. The molecule has 5 nitrogen and oxygen atoms in total. The van der Waals surface area contributed by atoms with Crippen LogP contribution in [0.1, 0.15) is 33.6 Å². The summed E-state index contributed by atoms with van der Waals surface area (Å²) in [5.74, 6) is 3.95. The summed E-state index contributed by atoms with van der Waals surface area (Å²) < 4.78 is 0. The molecule has 2 heterocycles. The van der Waals surface area contributed by atoms with Gasteiger partial charge >= 0.3 is 0 Å². The number of anilines is 1. The molecule has 1 aliphatic rings. The summed E-state index contributed by atoms with van der Waals surface area (Å²) in [7, 11) is 0. The summed E-state index contributed by atoms with van der Waals surface area (Å²) in [4.78, 5) is 11.6. The summed E-state index contributed by atoms with van der Waals surface area (Å²) >= 11 is 2.10. The molecule has 0 aliphatic carbocycles. The molecule has 1 unspecified atom stereocenters. The normalized spacial score (nSPS) is 18.5. The van der Waals surface area contributed by atoms with Gasteiger partial charge in [0.25, 0.3) is 0 Å². The lowest BCUT2D eigenvalue weighted by Gasteiger charge is -2.36. The minimum Gasteiger partial charge on any atom is -0.370 e. The highest BCUT2D eigenvalue weighted by molar-refractivity contribution is 8.00. The summed E-state index contributed by atoms with van der Waals surface area (Å²) in [6.45, 7) is 11.7. The predicted molar refractivity (Wildman–Crippen MR) is 111 cm³/mol. The number of pyridine rings is 1. The van der Waals surface area contributed by atoms with E-state index < -0.39 is 0 Å². The fourth-order valence-corrected chi connectivity index (χ4v) is 4.10. The Balaban J connectivity index is 1.73. The van der Waals surface area contributed by atoms with E-state index in [9.17, 15) is 0 Å². The molecule has 0 radical (unpaired) electrons. The molecule has 6 heteroatoms. The van der Waals surface area contributed by atoms with Crippen LogP contribution >= 0.6 is 11.8 Å². The number of aliphatic imine (C=N–C) groups is 1. The second-order valence-corrected chi connectivity index (χ2v) is 8.03. The predicted octanol–water partition coefficient (Wildman–Crippen LogP) is 3.31. The molecule has 1 atom stereocenters. The zero-order chi connectivity index (χ0) is 17.9. The van der Waals surface area contributed by atoms with Crippen molar-refractivity contribution in [3.05, 3.63) is 24.4 Å². The lowest BCUT2D eigenvalue weighted by Crippen LogP contribution is -2.49. The molecular weight excluding hydrogens is 330 g/mol. The standard InChI is InChI=1S/C19H33N5S/c1-4-20-19(24-13-14-25-17(15-24)16(2)3)23-12-8-7-11-22-18-9-5-6-10-21-18/h5-6,9-10,16-17H,4,7-8,11-15H2,1-3H3,(H,20,23)(H,21,22). The van der Waals surface area contributed by atoms with Crippen molar-refractivity contribution in [1.82, 2.24) is 15.2 Å². The largest absolute Gasteiger partial charge is 0.370 e. The van der Waals surface area contributed by atoms with Crippen LogP contribution in [0.25, 0.3) is 0 Å². The molecule has 1 fully saturated rings. The Bertz CT molecular complexity index is 506. The molecule has 0 bridgehead atoms. The van der Waals surface area contributed by atoms with Gasteiger partial charge in [-0.3, -0.25) is 4.99 Å². The van der Waals surface area contributed by atoms with E-state index in [0.29, 0.717) is 11.2 Å². The van der Waals surface area contributed by atoms with Crippen LogP contribution in [0.5, 0.6) is 0 Å². The first-order valence-corrected chi connectivity index (χ1v) is 10.6. The van der Waals surface area contributed by atoms with E-state index in [1.807, 2.05) is 24.4 Å². The Kier molecular flexibility index (Phi) is 8.94. The third-order valence-electron chi connectivity index (χ3n) is 4.29. The van der Waals surface area contributed by atoms with Crippen LogP contribution in [0.2, 0.25) is 0 Å². The van der Waals surface area contributed by atoms with Gasteiger partial charge in [-0.25, -0.2) is 4.98 Å². The van der Waals surface area contributed by atoms with E-state index >= 15 is 0 Å². The van der Waals surface area contributed by atoms with Crippen LogP contribution < -0.4 is 10.6 Å². The monoisotopic (exact) mass is 363 g/mol. The number of hydrogen-bond donors (Lipinski definition) is 2. The number of hydrogen-bond acceptors (Lipinski definition) is 4. The Morgan fingerprint density at radius 2 is 2.28 bits per heavy atom. The average molecular weight is 364 g/mol. The third kappa shape index (κ3) is 7.14. The maximum Gasteiger partial charge on any atom is 0.193 e. The number of guanidine groups is 1. The van der Waals surface area contributed by atoms with Crippen LogP contribution in [0, 0.1) is 5.92 Å². The van der Waals surface area contributed by atoms with Crippen molar-refractivity contribution in [1.29, 1.82) is 0 Å². The van der Waals surface area contributed by atoms with Crippen molar-refractivity contribution < 1.29 is 0 Å². The molecule has 0 aromatic carbocycles. The maximum absolute atomic E-state index is 4.85. The Morgan fingerprint density at radius 1 is 1.40 bits per heavy atom. The molecule has 0 amide bonds. The minimum atomic E-state index is 0.708. The van der Waals surface area contributed by atoms with Crippen LogP contribution in [-0.2, 0) is 0 Å². The van der Waals surface area contributed by atoms with Crippen molar-refractivity contribution in [2.45, 2.75) is 38.9 Å². The smallest absolute Gasteiger partial charge is 0.193 e. The van der Waals surface area contributed by atoms with Crippen molar-refractivity contribution in [3.8, 4) is 0 Å². The van der Waals surface area contributed by atoms with Crippen molar-refractivity contribution in [3.63, 3.8) is 0 Å². The second-order valence-electron chi connectivity index (χ2n) is 6.68. The van der Waals surface area contributed by atoms with Gasteiger partial charge in [0.15, 0.2) is 5.96 Å². The first kappa shape index (κ1) is 19.9.